The molecule has 0 saturated carbocycles. The molecule has 7 atom stereocenters. The van der Waals surface area contributed by atoms with Crippen molar-refractivity contribution >= 4 is 29.5 Å². The Labute approximate surface area is 320 Å². The van der Waals surface area contributed by atoms with Gasteiger partial charge in [0, 0.05) is 20.0 Å². The van der Waals surface area contributed by atoms with Gasteiger partial charge in [-0.3, -0.25) is 24.0 Å². The van der Waals surface area contributed by atoms with Crippen molar-refractivity contribution in [1.82, 2.24) is 31.9 Å². The lowest BCUT2D eigenvalue weighted by Crippen LogP contribution is -2.60. The van der Waals surface area contributed by atoms with Crippen LogP contribution in [0.1, 0.15) is 78.9 Å². The van der Waals surface area contributed by atoms with Crippen LogP contribution in [0.3, 0.4) is 0 Å². The number of rotatable bonds is 16. The molecule has 13 nitrogen and oxygen atoms in total. The third-order valence-electron chi connectivity index (χ3n) is 9.67. The molecule has 0 aromatic heterocycles. The third-order valence-corrected chi connectivity index (χ3v) is 9.67. The molecule has 5 amide bonds. The predicted octanol–water partition coefficient (Wildman–Crippen LogP) is 2.40. The average Bonchev–Trinajstić information content (AvgIpc) is 3.13. The summed E-state index contributed by atoms with van der Waals surface area (Å²) in [6, 6.07) is 12.7. The van der Waals surface area contributed by atoms with Crippen molar-refractivity contribution in [1.29, 1.82) is 0 Å². The monoisotopic (exact) mass is 750 g/mol. The first-order valence-corrected chi connectivity index (χ1v) is 19.3. The van der Waals surface area contributed by atoms with Crippen molar-refractivity contribution in [3.8, 4) is 5.75 Å². The second-order valence-electron chi connectivity index (χ2n) is 15.2. The number of benzene rings is 2. The molecule has 2 bridgehead atoms. The summed E-state index contributed by atoms with van der Waals surface area (Å²) in [6.07, 6.45) is 1.04. The highest BCUT2D eigenvalue weighted by molar-refractivity contribution is 5.92. The molecule has 7 N–H and O–H groups in total. The highest BCUT2D eigenvalue weighted by Crippen LogP contribution is 2.16. The maximum atomic E-state index is 13.9. The van der Waals surface area contributed by atoms with Gasteiger partial charge in [-0.25, -0.2) is 0 Å². The van der Waals surface area contributed by atoms with Gasteiger partial charge in [-0.15, -0.1) is 0 Å². The Balaban J connectivity index is 1.86. The number of fused-ring (bicyclic) bond motifs is 12. The molecule has 0 fully saturated rings. The van der Waals surface area contributed by atoms with Crippen molar-refractivity contribution in [2.45, 2.75) is 117 Å². The molecule has 13 heteroatoms. The molecule has 2 aliphatic heterocycles. The Morgan fingerprint density at radius 1 is 0.907 bits per heavy atom. The quantitative estimate of drug-likeness (QED) is 0.136. The van der Waals surface area contributed by atoms with Gasteiger partial charge in [0.05, 0.1) is 24.8 Å². The van der Waals surface area contributed by atoms with E-state index in [2.05, 4.69) is 31.9 Å². The number of hydrogen-bond donors (Lipinski definition) is 7. The summed E-state index contributed by atoms with van der Waals surface area (Å²) in [4.78, 5) is 66.3. The molecule has 4 rings (SSSR count). The minimum absolute atomic E-state index is 0.0744. The number of carbonyl (C=O) groups excluding carboxylic acids is 5. The Morgan fingerprint density at radius 3 is 2.20 bits per heavy atom. The van der Waals surface area contributed by atoms with E-state index in [4.69, 9.17) is 4.74 Å². The number of ether oxygens (including phenoxy) is 1. The van der Waals surface area contributed by atoms with Crippen LogP contribution < -0.4 is 36.6 Å². The van der Waals surface area contributed by atoms with E-state index in [1.54, 1.807) is 0 Å². The minimum Gasteiger partial charge on any atom is -0.494 e. The molecule has 2 heterocycles. The average molecular weight is 751 g/mol. The molecule has 2 aromatic rings. The van der Waals surface area contributed by atoms with Crippen molar-refractivity contribution in [3.63, 3.8) is 0 Å². The first-order chi connectivity index (χ1) is 25.7. The minimum atomic E-state index is -1.17. The smallest absolute Gasteiger partial charge is 0.243 e. The number of aliphatic hydroxyl groups excluding tert-OH is 1. The van der Waals surface area contributed by atoms with Gasteiger partial charge in [0.25, 0.3) is 0 Å². The van der Waals surface area contributed by atoms with Crippen LogP contribution in [0.2, 0.25) is 0 Å². The first-order valence-electron chi connectivity index (χ1n) is 19.3. The van der Waals surface area contributed by atoms with Crippen LogP contribution in [0.5, 0.6) is 5.75 Å². The number of amides is 5. The lowest BCUT2D eigenvalue weighted by molar-refractivity contribution is -0.133. The van der Waals surface area contributed by atoms with Crippen LogP contribution in [-0.2, 0) is 36.8 Å². The van der Waals surface area contributed by atoms with Crippen LogP contribution in [0, 0.1) is 17.8 Å². The SMILES string of the molecule is CC[C@@H](C)[C@@H]1NC(=O)[C@@H](NC[C@@H](O)[C@H](Cc2ccccc2)NC(=O)[C@@H](NC(=O)[C@H](CC(C)C)NC(C)=O)C(C)C)Cc2ccc(cc2)OCCCNC1=O. The summed E-state index contributed by atoms with van der Waals surface area (Å²) in [5.74, 6) is -1.60. The van der Waals surface area contributed by atoms with E-state index in [1.807, 2.05) is 96.1 Å². The zero-order chi connectivity index (χ0) is 39.8. The van der Waals surface area contributed by atoms with Gasteiger partial charge in [0.1, 0.15) is 23.9 Å². The maximum Gasteiger partial charge on any atom is 0.243 e. The number of aliphatic hydroxyl groups is 1. The fourth-order valence-corrected chi connectivity index (χ4v) is 6.32. The molecule has 298 valence electrons. The number of nitrogens with one attached hydrogen (secondary N) is 6. The fraction of sp³-hybridized carbons (Fsp3) is 0.585. The summed E-state index contributed by atoms with van der Waals surface area (Å²) in [5, 5.41) is 29.3. The van der Waals surface area contributed by atoms with Gasteiger partial charge in [0.15, 0.2) is 0 Å². The molecular weight excluding hydrogens is 688 g/mol. The summed E-state index contributed by atoms with van der Waals surface area (Å²) >= 11 is 0. The van der Waals surface area contributed by atoms with Crippen LogP contribution in [0.4, 0.5) is 0 Å². The Hall–Kier alpha value is -4.49. The molecule has 0 radical (unpaired) electrons. The van der Waals surface area contributed by atoms with Gasteiger partial charge < -0.3 is 41.7 Å². The second kappa shape index (κ2) is 22.0. The molecule has 2 aromatic carbocycles. The predicted molar refractivity (Wildman–Crippen MR) is 208 cm³/mol. The highest BCUT2D eigenvalue weighted by atomic mass is 16.5. The van der Waals surface area contributed by atoms with Gasteiger partial charge in [-0.1, -0.05) is 90.4 Å². The Kier molecular flexibility index (Phi) is 17.9. The molecule has 54 heavy (non-hydrogen) atoms. The van der Waals surface area contributed by atoms with Crippen molar-refractivity contribution in [2.24, 2.45) is 17.8 Å². The summed E-state index contributed by atoms with van der Waals surface area (Å²) < 4.78 is 5.84. The van der Waals surface area contributed by atoms with E-state index in [0.717, 1.165) is 11.1 Å². The first kappa shape index (κ1) is 43.9. The van der Waals surface area contributed by atoms with E-state index in [1.165, 1.54) is 6.92 Å². The van der Waals surface area contributed by atoms with Gasteiger partial charge in [0.2, 0.25) is 29.5 Å². The van der Waals surface area contributed by atoms with Crippen molar-refractivity contribution in [2.75, 3.05) is 19.7 Å². The van der Waals surface area contributed by atoms with Gasteiger partial charge in [-0.2, -0.15) is 0 Å². The zero-order valence-corrected chi connectivity index (χ0v) is 32.9. The van der Waals surface area contributed by atoms with E-state index in [0.29, 0.717) is 38.2 Å². The van der Waals surface area contributed by atoms with Crippen LogP contribution in [-0.4, -0.2) is 90.7 Å². The summed E-state index contributed by atoms with van der Waals surface area (Å²) in [6.45, 7) is 13.5. The molecule has 2 aliphatic rings. The Bertz CT molecular complexity index is 1500. The van der Waals surface area contributed by atoms with Crippen molar-refractivity contribution < 1.29 is 33.8 Å². The standard InChI is InChI=1S/C41H62N6O7/c1-8-27(6)37-40(52)42-19-12-20-54-31-17-15-30(16-18-31)23-33(38(50)47-37)43-24-35(49)32(22-29-13-10-9-11-14-29)45-41(53)36(26(4)5)46-39(51)34(21-25(2)3)44-28(7)48/h9-11,13-18,25-27,32-37,43,49H,8,12,19-24H2,1-7H3,(H,42,52)(H,44,48)(H,45,53)(H,46,51)(H,47,50)/t27-,32+,33+,34+,35-,36+,37+/m1/s1. The van der Waals surface area contributed by atoms with Gasteiger partial charge in [-0.05, 0) is 66.7 Å². The molecule has 0 saturated heterocycles. The van der Waals surface area contributed by atoms with E-state index in [-0.39, 0.29) is 54.9 Å². The summed E-state index contributed by atoms with van der Waals surface area (Å²) in [7, 11) is 0. The summed E-state index contributed by atoms with van der Waals surface area (Å²) in [5.41, 5.74) is 1.72. The molecule has 0 spiro atoms. The number of hydrogen-bond acceptors (Lipinski definition) is 8. The normalized spacial score (nSPS) is 19.5. The lowest BCUT2D eigenvalue weighted by atomic mass is 9.96. The van der Waals surface area contributed by atoms with Crippen molar-refractivity contribution in [3.05, 3.63) is 65.7 Å². The largest absolute Gasteiger partial charge is 0.494 e. The van der Waals surface area contributed by atoms with Gasteiger partial charge >= 0.3 is 0 Å². The highest BCUT2D eigenvalue weighted by Gasteiger charge is 2.33. The number of carbonyl (C=O) groups is 5. The van der Waals surface area contributed by atoms with E-state index < -0.39 is 48.1 Å². The topological polar surface area (TPSA) is 187 Å². The van der Waals surface area contributed by atoms with E-state index >= 15 is 0 Å². The lowest BCUT2D eigenvalue weighted by Gasteiger charge is -2.31. The second-order valence-corrected chi connectivity index (χ2v) is 15.2. The third kappa shape index (κ3) is 14.4. The molecular formula is C41H62N6O7. The molecule has 0 aliphatic carbocycles. The maximum absolute atomic E-state index is 13.9. The van der Waals surface area contributed by atoms with E-state index in [9.17, 15) is 29.1 Å². The van der Waals surface area contributed by atoms with Crippen LogP contribution in [0.15, 0.2) is 54.6 Å². The zero-order valence-electron chi connectivity index (χ0n) is 32.9. The molecule has 0 unspecified atom stereocenters. The van der Waals surface area contributed by atoms with Crippen LogP contribution in [0.25, 0.3) is 0 Å². The van der Waals surface area contributed by atoms with Crippen LogP contribution >= 0.6 is 0 Å². The Morgan fingerprint density at radius 2 is 1.59 bits per heavy atom. The fourth-order valence-electron chi connectivity index (χ4n) is 6.32.